The summed E-state index contributed by atoms with van der Waals surface area (Å²) in [6.07, 6.45) is 0. The topological polar surface area (TPSA) is 49.3 Å². The minimum Gasteiger partial charge on any atom is -0.508 e. The third-order valence-corrected chi connectivity index (χ3v) is 2.87. The first kappa shape index (κ1) is 14.0. The van der Waals surface area contributed by atoms with Gasteiger partial charge in [-0.1, -0.05) is 18.2 Å². The van der Waals surface area contributed by atoms with Gasteiger partial charge >= 0.3 is 0 Å². The van der Waals surface area contributed by atoms with Gasteiger partial charge in [-0.3, -0.25) is 4.79 Å². The van der Waals surface area contributed by atoms with Crippen molar-refractivity contribution < 1.29 is 18.7 Å². The van der Waals surface area contributed by atoms with Crippen LogP contribution in [0.15, 0.2) is 36.4 Å². The molecule has 0 radical (unpaired) electrons. The second kappa shape index (κ2) is 5.69. The van der Waals surface area contributed by atoms with Crippen molar-refractivity contribution in [3.63, 3.8) is 0 Å². The molecule has 20 heavy (non-hydrogen) atoms. The van der Waals surface area contributed by atoms with Crippen LogP contribution in [0.1, 0.15) is 21.5 Å². The van der Waals surface area contributed by atoms with Crippen LogP contribution in [0.5, 0.6) is 5.75 Å². The van der Waals surface area contributed by atoms with Gasteiger partial charge in [0.25, 0.3) is 5.91 Å². The normalized spacial score (nSPS) is 10.3. The number of aryl methyl sites for hydroxylation is 1. The Morgan fingerprint density at radius 3 is 2.70 bits per heavy atom. The van der Waals surface area contributed by atoms with Crippen LogP contribution in [0.4, 0.5) is 8.78 Å². The number of hydrogen-bond donors (Lipinski definition) is 2. The Kier molecular flexibility index (Phi) is 3.98. The Hall–Kier alpha value is -2.43. The van der Waals surface area contributed by atoms with Gasteiger partial charge in [0, 0.05) is 6.54 Å². The number of benzene rings is 2. The van der Waals surface area contributed by atoms with Crippen LogP contribution in [-0.2, 0) is 6.54 Å². The minimum atomic E-state index is -0.901. The van der Waals surface area contributed by atoms with Crippen LogP contribution in [0.3, 0.4) is 0 Å². The van der Waals surface area contributed by atoms with Gasteiger partial charge < -0.3 is 10.4 Å². The lowest BCUT2D eigenvalue weighted by Gasteiger charge is -2.09. The first-order chi connectivity index (χ1) is 9.49. The second-order valence-corrected chi connectivity index (χ2v) is 4.41. The summed E-state index contributed by atoms with van der Waals surface area (Å²) in [4.78, 5) is 11.8. The molecule has 2 N–H and O–H groups in total. The van der Waals surface area contributed by atoms with E-state index in [9.17, 15) is 18.7 Å². The molecule has 2 aromatic rings. The SMILES string of the molecule is Cc1ccc(F)c(C(=O)NCc2cccc(O)c2)c1F. The molecule has 0 bridgehead atoms. The van der Waals surface area contributed by atoms with Crippen molar-refractivity contribution >= 4 is 5.91 Å². The molecule has 0 aliphatic rings. The van der Waals surface area contributed by atoms with Crippen molar-refractivity contribution in [2.75, 3.05) is 0 Å². The Morgan fingerprint density at radius 2 is 2.00 bits per heavy atom. The van der Waals surface area contributed by atoms with Gasteiger partial charge in [-0.25, -0.2) is 8.78 Å². The summed E-state index contributed by atoms with van der Waals surface area (Å²) >= 11 is 0. The highest BCUT2D eigenvalue weighted by atomic mass is 19.1. The van der Waals surface area contributed by atoms with E-state index in [4.69, 9.17) is 0 Å². The van der Waals surface area contributed by atoms with E-state index in [1.807, 2.05) is 0 Å². The maximum absolute atomic E-state index is 13.8. The summed E-state index contributed by atoms with van der Waals surface area (Å²) in [5.74, 6) is -2.53. The Balaban J connectivity index is 2.15. The molecule has 2 rings (SSSR count). The number of amides is 1. The van der Waals surface area contributed by atoms with E-state index < -0.39 is 23.1 Å². The van der Waals surface area contributed by atoms with Crippen molar-refractivity contribution in [2.24, 2.45) is 0 Å². The second-order valence-electron chi connectivity index (χ2n) is 4.41. The van der Waals surface area contributed by atoms with Crippen LogP contribution in [-0.4, -0.2) is 11.0 Å². The van der Waals surface area contributed by atoms with Crippen LogP contribution in [0.25, 0.3) is 0 Å². The van der Waals surface area contributed by atoms with Crippen molar-refractivity contribution in [1.82, 2.24) is 5.32 Å². The van der Waals surface area contributed by atoms with Gasteiger partial charge in [-0.15, -0.1) is 0 Å². The van der Waals surface area contributed by atoms with Crippen LogP contribution >= 0.6 is 0 Å². The standard InChI is InChI=1S/C15H13F2NO2/c1-9-5-6-12(16)13(14(9)17)15(20)18-8-10-3-2-4-11(19)7-10/h2-7,19H,8H2,1H3,(H,18,20). The van der Waals surface area contributed by atoms with E-state index >= 15 is 0 Å². The summed E-state index contributed by atoms with van der Waals surface area (Å²) in [5.41, 5.74) is 0.242. The van der Waals surface area contributed by atoms with Gasteiger partial charge in [0.05, 0.1) is 0 Å². The molecule has 2 aromatic carbocycles. The predicted octanol–water partition coefficient (Wildman–Crippen LogP) is 2.91. The predicted molar refractivity (Wildman–Crippen MR) is 70.4 cm³/mol. The molecule has 0 aromatic heterocycles. The molecular weight excluding hydrogens is 264 g/mol. The molecule has 1 amide bonds. The maximum Gasteiger partial charge on any atom is 0.257 e. The molecule has 0 atom stereocenters. The number of carbonyl (C=O) groups is 1. The van der Waals surface area contributed by atoms with Gasteiger partial charge in [0.15, 0.2) is 0 Å². The zero-order valence-electron chi connectivity index (χ0n) is 10.8. The Morgan fingerprint density at radius 1 is 1.25 bits per heavy atom. The van der Waals surface area contributed by atoms with Crippen LogP contribution in [0.2, 0.25) is 0 Å². The van der Waals surface area contributed by atoms with Gasteiger partial charge in [-0.2, -0.15) is 0 Å². The van der Waals surface area contributed by atoms with Crippen molar-refractivity contribution in [1.29, 1.82) is 0 Å². The number of phenolic OH excluding ortho intramolecular Hbond substituents is 1. The van der Waals surface area contributed by atoms with E-state index in [-0.39, 0.29) is 17.9 Å². The van der Waals surface area contributed by atoms with Crippen LogP contribution < -0.4 is 5.32 Å². The lowest BCUT2D eigenvalue weighted by molar-refractivity contribution is 0.0942. The summed E-state index contributed by atoms with van der Waals surface area (Å²) < 4.78 is 27.3. The minimum absolute atomic E-state index is 0.0599. The molecule has 0 heterocycles. The van der Waals surface area contributed by atoms with Gasteiger partial charge in [0.2, 0.25) is 0 Å². The Labute approximate surface area is 114 Å². The molecule has 104 valence electrons. The van der Waals surface area contributed by atoms with Crippen molar-refractivity contribution in [3.05, 3.63) is 64.7 Å². The molecule has 0 aliphatic heterocycles. The highest BCUT2D eigenvalue weighted by Gasteiger charge is 2.18. The first-order valence-corrected chi connectivity index (χ1v) is 5.99. The molecular formula is C15H13F2NO2. The number of phenols is 1. The summed E-state index contributed by atoms with van der Waals surface area (Å²) in [7, 11) is 0. The molecule has 0 spiro atoms. The monoisotopic (exact) mass is 277 g/mol. The zero-order valence-corrected chi connectivity index (χ0v) is 10.8. The van der Waals surface area contributed by atoms with Crippen molar-refractivity contribution in [3.8, 4) is 5.75 Å². The van der Waals surface area contributed by atoms with Crippen LogP contribution in [0, 0.1) is 18.6 Å². The summed E-state index contributed by atoms with van der Waals surface area (Å²) in [6, 6.07) is 8.58. The lowest BCUT2D eigenvalue weighted by atomic mass is 10.1. The van der Waals surface area contributed by atoms with E-state index in [1.54, 1.807) is 12.1 Å². The smallest absolute Gasteiger partial charge is 0.257 e. The van der Waals surface area contributed by atoms with Crippen molar-refractivity contribution in [2.45, 2.75) is 13.5 Å². The largest absolute Gasteiger partial charge is 0.508 e. The van der Waals surface area contributed by atoms with E-state index in [0.717, 1.165) is 6.07 Å². The van der Waals surface area contributed by atoms with E-state index in [0.29, 0.717) is 5.56 Å². The average molecular weight is 277 g/mol. The van der Waals surface area contributed by atoms with E-state index in [1.165, 1.54) is 25.1 Å². The summed E-state index contributed by atoms with van der Waals surface area (Å²) in [5, 5.41) is 11.7. The van der Waals surface area contributed by atoms with Gasteiger partial charge in [0.1, 0.15) is 22.9 Å². The number of rotatable bonds is 3. The average Bonchev–Trinajstić information content (AvgIpc) is 2.41. The third kappa shape index (κ3) is 2.93. The number of carbonyl (C=O) groups excluding carboxylic acids is 1. The first-order valence-electron chi connectivity index (χ1n) is 5.99. The number of halogens is 2. The fourth-order valence-corrected chi connectivity index (χ4v) is 1.80. The molecule has 0 fully saturated rings. The van der Waals surface area contributed by atoms with E-state index in [2.05, 4.69) is 5.32 Å². The molecule has 0 saturated carbocycles. The number of aromatic hydroxyl groups is 1. The maximum atomic E-state index is 13.8. The summed E-state index contributed by atoms with van der Waals surface area (Å²) in [6.45, 7) is 1.53. The Bertz CT molecular complexity index is 656. The highest BCUT2D eigenvalue weighted by Crippen LogP contribution is 2.16. The molecule has 5 heteroatoms. The van der Waals surface area contributed by atoms with Gasteiger partial charge in [-0.05, 0) is 36.2 Å². The quantitative estimate of drug-likeness (QED) is 0.906. The number of hydrogen-bond acceptors (Lipinski definition) is 2. The number of nitrogens with one attached hydrogen (secondary N) is 1. The third-order valence-electron chi connectivity index (χ3n) is 2.87. The lowest BCUT2D eigenvalue weighted by Crippen LogP contribution is -2.25. The molecule has 0 aliphatic carbocycles. The molecule has 0 unspecified atom stereocenters. The fourth-order valence-electron chi connectivity index (χ4n) is 1.80. The highest BCUT2D eigenvalue weighted by molar-refractivity contribution is 5.94. The molecule has 0 saturated heterocycles. The fraction of sp³-hybridized carbons (Fsp3) is 0.133. The molecule has 3 nitrogen and oxygen atoms in total. The zero-order chi connectivity index (χ0) is 14.7.